The molecule has 110 valence electrons. The third kappa shape index (κ3) is 2.79. The smallest absolute Gasteiger partial charge is 0.257 e. The summed E-state index contributed by atoms with van der Waals surface area (Å²) in [6.45, 7) is 0. The summed E-state index contributed by atoms with van der Waals surface area (Å²) in [6, 6.07) is 3.76. The molecule has 1 fully saturated rings. The minimum Gasteiger partial charge on any atom is -0.384 e. The quantitative estimate of drug-likeness (QED) is 0.906. The molecular weight excluding hydrogens is 315 g/mol. The van der Waals surface area contributed by atoms with Gasteiger partial charge in [-0.1, -0.05) is 22.9 Å². The second kappa shape index (κ2) is 5.36. The molecule has 0 saturated heterocycles. The van der Waals surface area contributed by atoms with Gasteiger partial charge in [-0.2, -0.15) is 0 Å². The molecule has 1 amide bonds. The molecule has 0 spiro atoms. The zero-order chi connectivity index (χ0) is 15.0. The lowest BCUT2D eigenvalue weighted by Gasteiger charge is -2.35. The standard InChI is InChI=1S/C14H12ClFN2O2S/c15-9-6-8(2-3-10(9)16)12(19)18-13-17-7-11(21-13)14(20)4-1-5-14/h2-3,6-7,20H,1,4-5H2,(H,17,18,19). The molecule has 0 atom stereocenters. The fourth-order valence-electron chi connectivity index (χ4n) is 2.11. The molecule has 2 N–H and O–H groups in total. The molecule has 0 bridgehead atoms. The Balaban J connectivity index is 1.74. The highest BCUT2D eigenvalue weighted by Gasteiger charge is 2.38. The first-order valence-electron chi connectivity index (χ1n) is 6.43. The molecule has 1 aliphatic rings. The minimum atomic E-state index is -0.792. The Morgan fingerprint density at radius 2 is 2.24 bits per heavy atom. The third-order valence-electron chi connectivity index (χ3n) is 3.55. The first-order chi connectivity index (χ1) is 9.98. The average Bonchev–Trinajstić information content (AvgIpc) is 2.88. The van der Waals surface area contributed by atoms with Gasteiger partial charge in [-0.05, 0) is 37.5 Å². The Morgan fingerprint density at radius 3 is 2.86 bits per heavy atom. The molecule has 7 heteroatoms. The number of rotatable bonds is 3. The van der Waals surface area contributed by atoms with Crippen LogP contribution >= 0.6 is 22.9 Å². The molecular formula is C14H12ClFN2O2S. The number of nitrogens with zero attached hydrogens (tertiary/aromatic N) is 1. The zero-order valence-electron chi connectivity index (χ0n) is 10.9. The lowest BCUT2D eigenvalue weighted by molar-refractivity contribution is -0.0356. The highest BCUT2D eigenvalue weighted by molar-refractivity contribution is 7.15. The van der Waals surface area contributed by atoms with Crippen LogP contribution < -0.4 is 5.32 Å². The summed E-state index contributed by atoms with van der Waals surface area (Å²) in [4.78, 5) is 16.9. The zero-order valence-corrected chi connectivity index (χ0v) is 12.5. The van der Waals surface area contributed by atoms with E-state index in [0.717, 1.165) is 30.2 Å². The second-order valence-corrected chi connectivity index (χ2v) is 6.44. The van der Waals surface area contributed by atoms with E-state index in [1.807, 2.05) is 0 Å². The Bertz CT molecular complexity index is 700. The molecule has 1 heterocycles. The van der Waals surface area contributed by atoms with E-state index in [0.29, 0.717) is 5.13 Å². The first-order valence-corrected chi connectivity index (χ1v) is 7.62. The van der Waals surface area contributed by atoms with Crippen molar-refractivity contribution < 1.29 is 14.3 Å². The van der Waals surface area contributed by atoms with Gasteiger partial charge in [-0.25, -0.2) is 9.37 Å². The van der Waals surface area contributed by atoms with Crippen LogP contribution in [0.3, 0.4) is 0 Å². The fourth-order valence-corrected chi connectivity index (χ4v) is 3.25. The van der Waals surface area contributed by atoms with Crippen LogP contribution in [0.25, 0.3) is 0 Å². The van der Waals surface area contributed by atoms with E-state index < -0.39 is 17.3 Å². The van der Waals surface area contributed by atoms with E-state index >= 15 is 0 Å². The van der Waals surface area contributed by atoms with E-state index in [1.165, 1.54) is 23.5 Å². The number of hydrogen-bond donors (Lipinski definition) is 2. The normalized spacial score (nSPS) is 16.3. The number of aliphatic hydroxyl groups is 1. The minimum absolute atomic E-state index is 0.105. The highest BCUT2D eigenvalue weighted by atomic mass is 35.5. The van der Waals surface area contributed by atoms with Crippen LogP contribution in [0.4, 0.5) is 9.52 Å². The van der Waals surface area contributed by atoms with E-state index in [4.69, 9.17) is 11.6 Å². The topological polar surface area (TPSA) is 62.2 Å². The summed E-state index contributed by atoms with van der Waals surface area (Å²) in [5.74, 6) is -0.990. The monoisotopic (exact) mass is 326 g/mol. The number of halogens is 2. The van der Waals surface area contributed by atoms with Crippen molar-refractivity contribution >= 4 is 34.0 Å². The van der Waals surface area contributed by atoms with Crippen molar-refractivity contribution in [2.75, 3.05) is 5.32 Å². The van der Waals surface area contributed by atoms with Crippen molar-refractivity contribution in [3.63, 3.8) is 0 Å². The molecule has 1 aromatic carbocycles. The van der Waals surface area contributed by atoms with Gasteiger partial charge in [0, 0.05) is 11.8 Å². The maximum atomic E-state index is 13.1. The maximum Gasteiger partial charge on any atom is 0.257 e. The van der Waals surface area contributed by atoms with Crippen LogP contribution in [-0.4, -0.2) is 16.0 Å². The summed E-state index contributed by atoms with van der Waals surface area (Å²) in [7, 11) is 0. The van der Waals surface area contributed by atoms with Gasteiger partial charge in [0.25, 0.3) is 5.91 Å². The predicted molar refractivity (Wildman–Crippen MR) is 79.2 cm³/mol. The molecule has 0 radical (unpaired) electrons. The Labute approximate surface area is 129 Å². The number of carbonyl (C=O) groups is 1. The largest absolute Gasteiger partial charge is 0.384 e. The Hall–Kier alpha value is -1.50. The maximum absolute atomic E-state index is 13.1. The number of anilines is 1. The van der Waals surface area contributed by atoms with Crippen LogP contribution in [0.5, 0.6) is 0 Å². The second-order valence-electron chi connectivity index (χ2n) is 5.00. The van der Waals surface area contributed by atoms with Crippen molar-refractivity contribution in [3.05, 3.63) is 45.7 Å². The SMILES string of the molecule is O=C(Nc1ncc(C2(O)CCC2)s1)c1ccc(F)c(Cl)c1. The molecule has 3 rings (SSSR count). The average molecular weight is 327 g/mol. The molecule has 1 aliphatic carbocycles. The number of amides is 1. The van der Waals surface area contributed by atoms with Gasteiger partial charge in [0.2, 0.25) is 0 Å². The number of carbonyl (C=O) groups excluding carboxylic acids is 1. The van der Waals surface area contributed by atoms with Crippen molar-refractivity contribution in [2.24, 2.45) is 0 Å². The third-order valence-corrected chi connectivity index (χ3v) is 4.94. The lowest BCUT2D eigenvalue weighted by Crippen LogP contribution is -2.32. The number of hydrogen-bond acceptors (Lipinski definition) is 4. The molecule has 21 heavy (non-hydrogen) atoms. The number of benzene rings is 1. The summed E-state index contributed by atoms with van der Waals surface area (Å²) in [6.07, 6.45) is 4.01. The van der Waals surface area contributed by atoms with Crippen LogP contribution in [0.1, 0.15) is 34.5 Å². The molecule has 0 aliphatic heterocycles. The number of thiazole rings is 1. The van der Waals surface area contributed by atoms with Crippen LogP contribution in [-0.2, 0) is 5.60 Å². The summed E-state index contributed by atoms with van der Waals surface area (Å²) < 4.78 is 13.1. The fraction of sp³-hybridized carbons (Fsp3) is 0.286. The van der Waals surface area contributed by atoms with Gasteiger partial charge in [0.05, 0.1) is 9.90 Å². The molecule has 1 aromatic heterocycles. The first kappa shape index (κ1) is 14.4. The van der Waals surface area contributed by atoms with Gasteiger partial charge < -0.3 is 5.11 Å². The van der Waals surface area contributed by atoms with Gasteiger partial charge in [-0.15, -0.1) is 0 Å². The van der Waals surface area contributed by atoms with Crippen LogP contribution in [0.2, 0.25) is 5.02 Å². The van der Waals surface area contributed by atoms with E-state index in [1.54, 1.807) is 6.20 Å². The number of aromatic nitrogens is 1. The molecule has 0 unspecified atom stereocenters. The van der Waals surface area contributed by atoms with Gasteiger partial charge in [0.15, 0.2) is 5.13 Å². The van der Waals surface area contributed by atoms with Crippen molar-refractivity contribution in [1.29, 1.82) is 0 Å². The lowest BCUT2D eigenvalue weighted by atomic mass is 9.79. The summed E-state index contributed by atoms with van der Waals surface area (Å²) >= 11 is 6.90. The molecule has 1 saturated carbocycles. The Morgan fingerprint density at radius 1 is 1.48 bits per heavy atom. The predicted octanol–water partition coefficient (Wildman–Crippen LogP) is 3.56. The summed E-state index contributed by atoms with van der Waals surface area (Å²) in [5.41, 5.74) is -0.541. The van der Waals surface area contributed by atoms with Gasteiger partial charge in [-0.3, -0.25) is 10.1 Å². The van der Waals surface area contributed by atoms with Gasteiger partial charge >= 0.3 is 0 Å². The van der Waals surface area contributed by atoms with E-state index in [9.17, 15) is 14.3 Å². The summed E-state index contributed by atoms with van der Waals surface area (Å²) in [5, 5.41) is 13.1. The van der Waals surface area contributed by atoms with E-state index in [-0.39, 0.29) is 10.6 Å². The Kier molecular flexibility index (Phi) is 3.69. The van der Waals surface area contributed by atoms with E-state index in [2.05, 4.69) is 10.3 Å². The molecule has 4 nitrogen and oxygen atoms in total. The highest BCUT2D eigenvalue weighted by Crippen LogP contribution is 2.44. The van der Waals surface area contributed by atoms with Crippen LogP contribution in [0, 0.1) is 5.82 Å². The van der Waals surface area contributed by atoms with Crippen LogP contribution in [0.15, 0.2) is 24.4 Å². The molecule has 2 aromatic rings. The van der Waals surface area contributed by atoms with Gasteiger partial charge in [0.1, 0.15) is 11.4 Å². The van der Waals surface area contributed by atoms with Crippen molar-refractivity contribution in [2.45, 2.75) is 24.9 Å². The van der Waals surface area contributed by atoms with Crippen molar-refractivity contribution in [1.82, 2.24) is 4.98 Å². The van der Waals surface area contributed by atoms with Crippen molar-refractivity contribution in [3.8, 4) is 0 Å². The number of nitrogens with one attached hydrogen (secondary N) is 1.